The van der Waals surface area contributed by atoms with Gasteiger partial charge in [-0.25, -0.2) is 9.18 Å². The summed E-state index contributed by atoms with van der Waals surface area (Å²) in [4.78, 5) is 11.7. The summed E-state index contributed by atoms with van der Waals surface area (Å²) in [5, 5.41) is 12.2. The van der Waals surface area contributed by atoms with E-state index in [1.54, 1.807) is 20.8 Å². The van der Waals surface area contributed by atoms with Crippen molar-refractivity contribution in [2.75, 3.05) is 6.54 Å². The predicted octanol–water partition coefficient (Wildman–Crippen LogP) is 3.87. The minimum atomic E-state index is -0.781. The van der Waals surface area contributed by atoms with Crippen molar-refractivity contribution in [1.29, 1.82) is 0 Å². The summed E-state index contributed by atoms with van der Waals surface area (Å²) in [6.45, 7) is 9.28. The molecular weight excluding hydrogens is 261 g/mol. The first-order valence-corrected chi connectivity index (χ1v) is 7.10. The largest absolute Gasteiger partial charge is 0.513 e. The molecule has 0 unspecified atom stereocenters. The molecule has 0 radical (unpaired) electrons. The molecule has 0 heterocycles. The van der Waals surface area contributed by atoms with E-state index in [2.05, 4.69) is 11.9 Å². The van der Waals surface area contributed by atoms with E-state index in [1.165, 1.54) is 0 Å². The summed E-state index contributed by atoms with van der Waals surface area (Å²) in [7, 11) is 0. The lowest BCUT2D eigenvalue weighted by Gasteiger charge is -2.38. The smallest absolute Gasteiger partial charge is 0.407 e. The highest BCUT2D eigenvalue weighted by Gasteiger charge is 2.36. The quantitative estimate of drug-likeness (QED) is 0.772. The van der Waals surface area contributed by atoms with Gasteiger partial charge in [0.2, 0.25) is 0 Å². The fourth-order valence-electron chi connectivity index (χ4n) is 2.62. The van der Waals surface area contributed by atoms with Crippen LogP contribution in [0.5, 0.6) is 0 Å². The second-order valence-corrected chi connectivity index (χ2v) is 6.77. The predicted molar refractivity (Wildman–Crippen MR) is 76.4 cm³/mol. The number of amides is 1. The standard InChI is InChI=1S/C15H26FNO3/c1-11(18)9-15(7-5-12(16)6-8-15)10-17-13(19)20-14(2,3)4/h12,18H,1,5-10H2,2-4H3,(H,17,19). The molecule has 4 nitrogen and oxygen atoms in total. The molecule has 0 atom stereocenters. The lowest BCUT2D eigenvalue weighted by atomic mass is 9.71. The first kappa shape index (κ1) is 16.8. The molecule has 2 N–H and O–H groups in total. The first-order valence-electron chi connectivity index (χ1n) is 7.10. The second-order valence-electron chi connectivity index (χ2n) is 6.77. The van der Waals surface area contributed by atoms with E-state index in [0.717, 1.165) is 0 Å². The molecule has 0 spiro atoms. The Morgan fingerprint density at radius 1 is 1.45 bits per heavy atom. The number of hydrogen-bond acceptors (Lipinski definition) is 3. The number of hydrogen-bond donors (Lipinski definition) is 2. The fraction of sp³-hybridized carbons (Fsp3) is 0.800. The second kappa shape index (κ2) is 6.46. The van der Waals surface area contributed by atoms with Gasteiger partial charge in [0, 0.05) is 13.0 Å². The third kappa shape index (κ3) is 5.80. The van der Waals surface area contributed by atoms with Crippen LogP contribution in [0.4, 0.5) is 9.18 Å². The maximum absolute atomic E-state index is 13.3. The molecule has 0 aromatic carbocycles. The number of alkyl carbamates (subject to hydrolysis) is 1. The van der Waals surface area contributed by atoms with Gasteiger partial charge in [-0.15, -0.1) is 0 Å². The highest BCUT2D eigenvalue weighted by molar-refractivity contribution is 5.67. The van der Waals surface area contributed by atoms with Gasteiger partial charge in [-0.05, 0) is 51.9 Å². The van der Waals surface area contributed by atoms with Crippen molar-refractivity contribution >= 4 is 6.09 Å². The van der Waals surface area contributed by atoms with Crippen LogP contribution in [0.25, 0.3) is 0 Å². The maximum atomic E-state index is 13.3. The van der Waals surface area contributed by atoms with Gasteiger partial charge in [0.1, 0.15) is 11.8 Å². The van der Waals surface area contributed by atoms with Crippen LogP contribution in [0.1, 0.15) is 52.9 Å². The molecule has 1 aliphatic carbocycles. The number of carbonyl (C=O) groups excluding carboxylic acids is 1. The number of allylic oxidation sites excluding steroid dienone is 1. The molecule has 116 valence electrons. The molecule has 20 heavy (non-hydrogen) atoms. The van der Waals surface area contributed by atoms with E-state index in [4.69, 9.17) is 4.74 Å². The Hall–Kier alpha value is -1.26. The summed E-state index contributed by atoms with van der Waals surface area (Å²) in [5.74, 6) is 0.0771. The van der Waals surface area contributed by atoms with Crippen molar-refractivity contribution in [3.05, 3.63) is 12.3 Å². The number of aliphatic hydroxyl groups is 1. The molecule has 0 aromatic rings. The van der Waals surface area contributed by atoms with Gasteiger partial charge < -0.3 is 15.2 Å². The fourth-order valence-corrected chi connectivity index (χ4v) is 2.62. The Morgan fingerprint density at radius 3 is 2.45 bits per heavy atom. The zero-order valence-corrected chi connectivity index (χ0v) is 12.7. The van der Waals surface area contributed by atoms with E-state index in [-0.39, 0.29) is 11.2 Å². The van der Waals surface area contributed by atoms with Crippen LogP contribution in [0, 0.1) is 5.41 Å². The number of aliphatic hydroxyl groups excluding tert-OH is 1. The first-order chi connectivity index (χ1) is 9.12. The van der Waals surface area contributed by atoms with Crippen LogP contribution in [-0.4, -0.2) is 29.5 Å². The van der Waals surface area contributed by atoms with Gasteiger partial charge in [0.05, 0.1) is 5.76 Å². The molecule has 0 aliphatic heterocycles. The summed E-state index contributed by atoms with van der Waals surface area (Å²) in [5.41, 5.74) is -0.861. The Bertz CT molecular complexity index is 355. The topological polar surface area (TPSA) is 58.6 Å². The van der Waals surface area contributed by atoms with Gasteiger partial charge in [-0.3, -0.25) is 0 Å². The minimum absolute atomic E-state index is 0.0771. The summed E-state index contributed by atoms with van der Waals surface area (Å²) >= 11 is 0. The Labute approximate surface area is 120 Å². The monoisotopic (exact) mass is 287 g/mol. The van der Waals surface area contributed by atoms with Crippen LogP contribution in [-0.2, 0) is 4.74 Å². The summed E-state index contributed by atoms with van der Waals surface area (Å²) in [6, 6.07) is 0. The van der Waals surface area contributed by atoms with Crippen molar-refractivity contribution in [1.82, 2.24) is 5.32 Å². The highest BCUT2D eigenvalue weighted by Crippen LogP contribution is 2.41. The Morgan fingerprint density at radius 2 is 2.00 bits per heavy atom. The van der Waals surface area contributed by atoms with E-state index in [0.29, 0.717) is 38.6 Å². The van der Waals surface area contributed by atoms with Gasteiger partial charge in [-0.1, -0.05) is 6.58 Å². The molecule has 0 saturated heterocycles. The van der Waals surface area contributed by atoms with Crippen LogP contribution in [0.15, 0.2) is 12.3 Å². The number of nitrogens with one attached hydrogen (secondary N) is 1. The molecular formula is C15H26FNO3. The number of alkyl halides is 1. The van der Waals surface area contributed by atoms with E-state index < -0.39 is 17.9 Å². The molecule has 1 saturated carbocycles. The van der Waals surface area contributed by atoms with Gasteiger partial charge in [0.15, 0.2) is 0 Å². The van der Waals surface area contributed by atoms with Crippen LogP contribution in [0.3, 0.4) is 0 Å². The van der Waals surface area contributed by atoms with Gasteiger partial charge in [0.25, 0.3) is 0 Å². The van der Waals surface area contributed by atoms with Crippen molar-refractivity contribution in [2.45, 2.75) is 64.6 Å². The zero-order chi connectivity index (χ0) is 15.4. The molecule has 1 aliphatic rings. The average Bonchev–Trinajstić information content (AvgIpc) is 2.28. The minimum Gasteiger partial charge on any atom is -0.513 e. The Balaban J connectivity index is 2.57. The maximum Gasteiger partial charge on any atom is 0.407 e. The molecule has 1 amide bonds. The lowest BCUT2D eigenvalue weighted by molar-refractivity contribution is 0.0452. The van der Waals surface area contributed by atoms with Crippen molar-refractivity contribution in [3.63, 3.8) is 0 Å². The number of carbonyl (C=O) groups is 1. The molecule has 0 bridgehead atoms. The van der Waals surface area contributed by atoms with Crippen molar-refractivity contribution < 1.29 is 19.0 Å². The van der Waals surface area contributed by atoms with Crippen LogP contribution in [0.2, 0.25) is 0 Å². The normalized spacial score (nSPS) is 26.9. The number of halogens is 1. The Kier molecular flexibility index (Phi) is 5.42. The molecule has 0 aromatic heterocycles. The number of rotatable bonds is 4. The zero-order valence-electron chi connectivity index (χ0n) is 12.7. The van der Waals surface area contributed by atoms with Crippen LogP contribution >= 0.6 is 0 Å². The van der Waals surface area contributed by atoms with Gasteiger partial charge in [-0.2, -0.15) is 0 Å². The summed E-state index contributed by atoms with van der Waals surface area (Å²) < 4.78 is 18.5. The third-order valence-corrected chi connectivity index (χ3v) is 3.56. The number of ether oxygens (including phenoxy) is 1. The van der Waals surface area contributed by atoms with Crippen molar-refractivity contribution in [3.8, 4) is 0 Å². The van der Waals surface area contributed by atoms with E-state index in [1.807, 2.05) is 0 Å². The SMILES string of the molecule is C=C(O)CC1(CNC(=O)OC(C)(C)C)CCC(F)CC1. The van der Waals surface area contributed by atoms with Crippen LogP contribution < -0.4 is 5.32 Å². The van der Waals surface area contributed by atoms with E-state index >= 15 is 0 Å². The molecule has 1 rings (SSSR count). The third-order valence-electron chi connectivity index (χ3n) is 3.56. The lowest BCUT2D eigenvalue weighted by Crippen LogP contribution is -2.42. The highest BCUT2D eigenvalue weighted by atomic mass is 19.1. The van der Waals surface area contributed by atoms with E-state index in [9.17, 15) is 14.3 Å². The van der Waals surface area contributed by atoms with Gasteiger partial charge >= 0.3 is 6.09 Å². The molecule has 5 heteroatoms. The molecule has 1 fully saturated rings. The summed E-state index contributed by atoms with van der Waals surface area (Å²) in [6.07, 6.45) is 1.30. The van der Waals surface area contributed by atoms with Crippen molar-refractivity contribution in [2.24, 2.45) is 5.41 Å². The average molecular weight is 287 g/mol.